The van der Waals surface area contributed by atoms with Crippen molar-refractivity contribution < 1.29 is 4.79 Å². The SMILES string of the molecule is NC1CCN(CCC(CNC(=O)Nc2cc(Cl)cc(Cl)c2)c2ccc(Cl)c(Cl)c2)CC1. The van der Waals surface area contributed by atoms with Gasteiger partial charge in [-0.05, 0) is 74.8 Å². The molecule has 5 nitrogen and oxygen atoms in total. The monoisotopic (exact) mass is 502 g/mol. The average molecular weight is 504 g/mol. The Morgan fingerprint density at radius 1 is 1.03 bits per heavy atom. The van der Waals surface area contributed by atoms with Crippen molar-refractivity contribution in [2.24, 2.45) is 5.73 Å². The summed E-state index contributed by atoms with van der Waals surface area (Å²) in [6.45, 7) is 3.37. The highest BCUT2D eigenvalue weighted by Gasteiger charge is 2.20. The van der Waals surface area contributed by atoms with E-state index in [9.17, 15) is 4.79 Å². The number of benzene rings is 2. The van der Waals surface area contributed by atoms with Crippen LogP contribution in [0.15, 0.2) is 36.4 Å². The molecule has 0 aromatic heterocycles. The number of carbonyl (C=O) groups is 1. The van der Waals surface area contributed by atoms with Gasteiger partial charge in [-0.2, -0.15) is 0 Å². The summed E-state index contributed by atoms with van der Waals surface area (Å²) in [6.07, 6.45) is 2.90. The molecule has 2 aromatic carbocycles. The predicted molar refractivity (Wildman–Crippen MR) is 131 cm³/mol. The molecular formula is C22H26Cl4N4O. The minimum atomic E-state index is -0.327. The molecule has 168 valence electrons. The van der Waals surface area contributed by atoms with Gasteiger partial charge in [0.05, 0.1) is 10.0 Å². The van der Waals surface area contributed by atoms with E-state index >= 15 is 0 Å². The number of nitrogens with two attached hydrogens (primary N) is 1. The van der Waals surface area contributed by atoms with Gasteiger partial charge in [-0.15, -0.1) is 0 Å². The molecule has 0 bridgehead atoms. The van der Waals surface area contributed by atoms with E-state index in [-0.39, 0.29) is 11.9 Å². The molecule has 1 atom stereocenters. The molecule has 31 heavy (non-hydrogen) atoms. The standard InChI is InChI=1S/C22H26Cl4N4O/c23-16-10-17(24)12-19(11-16)29-22(31)28-13-15(14-1-2-20(25)21(26)9-14)3-6-30-7-4-18(27)5-8-30/h1-2,9-12,15,18H,3-8,13,27H2,(H2,28,29,31). The number of hydrogen-bond donors (Lipinski definition) is 3. The van der Waals surface area contributed by atoms with Gasteiger partial charge >= 0.3 is 6.03 Å². The van der Waals surface area contributed by atoms with Gasteiger partial charge in [-0.25, -0.2) is 4.79 Å². The maximum Gasteiger partial charge on any atom is 0.319 e. The number of nitrogens with one attached hydrogen (secondary N) is 2. The van der Waals surface area contributed by atoms with Gasteiger partial charge in [-0.1, -0.05) is 52.5 Å². The van der Waals surface area contributed by atoms with Crippen LogP contribution < -0.4 is 16.4 Å². The lowest BCUT2D eigenvalue weighted by Crippen LogP contribution is -2.41. The molecule has 4 N–H and O–H groups in total. The third-order valence-electron chi connectivity index (χ3n) is 5.47. The van der Waals surface area contributed by atoms with Gasteiger partial charge in [0.2, 0.25) is 0 Å². The fourth-order valence-corrected chi connectivity index (χ4v) is 4.52. The smallest absolute Gasteiger partial charge is 0.319 e. The van der Waals surface area contributed by atoms with E-state index < -0.39 is 0 Å². The maximum atomic E-state index is 12.5. The number of rotatable bonds is 7. The number of anilines is 1. The third kappa shape index (κ3) is 7.70. The highest BCUT2D eigenvalue weighted by Crippen LogP contribution is 2.28. The second-order valence-electron chi connectivity index (χ2n) is 7.83. The number of piperidine rings is 1. The van der Waals surface area contributed by atoms with Crippen LogP contribution in [0, 0.1) is 0 Å². The quantitative estimate of drug-likeness (QED) is 0.432. The van der Waals surface area contributed by atoms with E-state index in [2.05, 4.69) is 15.5 Å². The zero-order valence-electron chi connectivity index (χ0n) is 17.0. The van der Waals surface area contributed by atoms with Crippen LogP contribution in [0.5, 0.6) is 0 Å². The molecule has 1 aliphatic heterocycles. The molecule has 2 amide bonds. The first-order valence-corrected chi connectivity index (χ1v) is 11.7. The molecule has 0 aliphatic carbocycles. The zero-order chi connectivity index (χ0) is 22.4. The van der Waals surface area contributed by atoms with Gasteiger partial charge in [0.25, 0.3) is 0 Å². The Kier molecular flexibility index (Phi) is 9.14. The molecule has 3 rings (SSSR count). The van der Waals surface area contributed by atoms with Crippen molar-refractivity contribution >= 4 is 58.1 Å². The second-order valence-corrected chi connectivity index (χ2v) is 9.52. The zero-order valence-corrected chi connectivity index (χ0v) is 20.0. The van der Waals surface area contributed by atoms with Gasteiger partial charge in [0, 0.05) is 34.2 Å². The Balaban J connectivity index is 1.62. The number of halogens is 4. The Labute approximate surface area is 203 Å². The van der Waals surface area contributed by atoms with Gasteiger partial charge < -0.3 is 21.3 Å². The molecule has 0 spiro atoms. The summed E-state index contributed by atoms with van der Waals surface area (Å²) < 4.78 is 0. The van der Waals surface area contributed by atoms with Crippen molar-refractivity contribution in [2.45, 2.75) is 31.2 Å². The molecule has 0 radical (unpaired) electrons. The summed E-state index contributed by atoms with van der Waals surface area (Å²) in [4.78, 5) is 14.9. The van der Waals surface area contributed by atoms with Crippen molar-refractivity contribution in [3.8, 4) is 0 Å². The van der Waals surface area contributed by atoms with Gasteiger partial charge in [0.15, 0.2) is 0 Å². The number of hydrogen-bond acceptors (Lipinski definition) is 3. The summed E-state index contributed by atoms with van der Waals surface area (Å²) in [5, 5.41) is 7.65. The van der Waals surface area contributed by atoms with Crippen LogP contribution in [-0.4, -0.2) is 43.2 Å². The number of carbonyl (C=O) groups excluding carboxylic acids is 1. The van der Waals surface area contributed by atoms with Gasteiger partial charge in [0.1, 0.15) is 0 Å². The summed E-state index contributed by atoms with van der Waals surface area (Å²) in [5.41, 5.74) is 7.58. The molecule has 1 aliphatic rings. The van der Waals surface area contributed by atoms with E-state index in [1.165, 1.54) is 0 Å². The highest BCUT2D eigenvalue weighted by atomic mass is 35.5. The van der Waals surface area contributed by atoms with Crippen LogP contribution in [-0.2, 0) is 0 Å². The molecule has 2 aromatic rings. The molecule has 1 heterocycles. The number of likely N-dealkylation sites (tertiary alicyclic amines) is 1. The van der Waals surface area contributed by atoms with Gasteiger partial charge in [-0.3, -0.25) is 0 Å². The Bertz CT molecular complexity index is 883. The lowest BCUT2D eigenvalue weighted by Gasteiger charge is -2.31. The van der Waals surface area contributed by atoms with Crippen molar-refractivity contribution in [3.63, 3.8) is 0 Å². The normalized spacial score (nSPS) is 16.2. The van der Waals surface area contributed by atoms with E-state index in [0.717, 1.165) is 44.5 Å². The Hall–Kier alpha value is -1.21. The average Bonchev–Trinajstić information content (AvgIpc) is 2.71. The number of urea groups is 1. The van der Waals surface area contributed by atoms with E-state index in [4.69, 9.17) is 52.1 Å². The first kappa shape index (κ1) is 24.4. The van der Waals surface area contributed by atoms with Crippen molar-refractivity contribution in [1.29, 1.82) is 0 Å². The second kappa shape index (κ2) is 11.6. The van der Waals surface area contributed by atoms with Crippen molar-refractivity contribution in [2.75, 3.05) is 31.5 Å². The van der Waals surface area contributed by atoms with Crippen LogP contribution in [0.2, 0.25) is 20.1 Å². The minimum Gasteiger partial charge on any atom is -0.337 e. The first-order chi connectivity index (χ1) is 14.8. The van der Waals surface area contributed by atoms with Crippen LogP contribution >= 0.6 is 46.4 Å². The summed E-state index contributed by atoms with van der Waals surface area (Å²) in [5.74, 6) is 0.0825. The van der Waals surface area contributed by atoms with Crippen LogP contribution in [0.3, 0.4) is 0 Å². The van der Waals surface area contributed by atoms with E-state index in [0.29, 0.717) is 38.4 Å². The highest BCUT2D eigenvalue weighted by molar-refractivity contribution is 6.42. The molecule has 9 heteroatoms. The predicted octanol–water partition coefficient (Wildman–Crippen LogP) is 6.02. The molecule has 0 saturated carbocycles. The fourth-order valence-electron chi connectivity index (χ4n) is 3.69. The molecule has 1 saturated heterocycles. The van der Waals surface area contributed by atoms with E-state index in [1.807, 2.05) is 12.1 Å². The Morgan fingerprint density at radius 3 is 2.35 bits per heavy atom. The van der Waals surface area contributed by atoms with Crippen molar-refractivity contribution in [3.05, 3.63) is 62.1 Å². The lowest BCUT2D eigenvalue weighted by atomic mass is 9.94. The summed E-state index contributed by atoms with van der Waals surface area (Å²) in [6, 6.07) is 10.5. The van der Waals surface area contributed by atoms with Crippen molar-refractivity contribution in [1.82, 2.24) is 10.2 Å². The van der Waals surface area contributed by atoms with E-state index in [1.54, 1.807) is 24.3 Å². The molecular weight excluding hydrogens is 478 g/mol. The third-order valence-corrected chi connectivity index (χ3v) is 6.65. The number of nitrogens with zero attached hydrogens (tertiary/aromatic N) is 1. The Morgan fingerprint density at radius 2 is 1.71 bits per heavy atom. The van der Waals surface area contributed by atoms with Crippen LogP contribution in [0.4, 0.5) is 10.5 Å². The molecule has 1 unspecified atom stereocenters. The fraction of sp³-hybridized carbons (Fsp3) is 0.409. The largest absolute Gasteiger partial charge is 0.337 e. The molecule has 1 fully saturated rings. The topological polar surface area (TPSA) is 70.4 Å². The minimum absolute atomic E-state index is 0.0825. The van der Waals surface area contributed by atoms with Crippen LogP contribution in [0.25, 0.3) is 0 Å². The van der Waals surface area contributed by atoms with Crippen LogP contribution in [0.1, 0.15) is 30.7 Å². The number of amides is 2. The first-order valence-electron chi connectivity index (χ1n) is 10.2. The lowest BCUT2D eigenvalue weighted by molar-refractivity contribution is 0.205. The maximum absolute atomic E-state index is 12.5. The summed E-state index contributed by atoms with van der Waals surface area (Å²) >= 11 is 24.3. The summed E-state index contributed by atoms with van der Waals surface area (Å²) in [7, 11) is 0.